The summed E-state index contributed by atoms with van der Waals surface area (Å²) < 4.78 is 11.2. The minimum atomic E-state index is 0.529. The van der Waals surface area contributed by atoms with Gasteiger partial charge in [0.05, 0.1) is 31.3 Å². The smallest absolute Gasteiger partial charge is 0.139 e. The monoisotopic (exact) mass is 277 g/mol. The molecular formula is C15H23N3O2. The molecule has 1 N–H and O–H groups in total. The van der Waals surface area contributed by atoms with E-state index in [1.54, 1.807) is 6.20 Å². The molecule has 1 unspecified atom stereocenters. The average molecular weight is 277 g/mol. The van der Waals surface area contributed by atoms with Crippen molar-refractivity contribution in [3.63, 3.8) is 0 Å². The van der Waals surface area contributed by atoms with Crippen LogP contribution >= 0.6 is 0 Å². The molecule has 0 saturated carbocycles. The predicted molar refractivity (Wildman–Crippen MR) is 78.4 cm³/mol. The lowest BCUT2D eigenvalue weighted by atomic mass is 10.1. The maximum absolute atomic E-state index is 5.87. The summed E-state index contributed by atoms with van der Waals surface area (Å²) in [5.41, 5.74) is 1.16. The summed E-state index contributed by atoms with van der Waals surface area (Å²) in [7, 11) is 0. The van der Waals surface area contributed by atoms with Gasteiger partial charge in [0.2, 0.25) is 0 Å². The maximum Gasteiger partial charge on any atom is 0.139 e. The normalized spacial score (nSPS) is 23.6. The number of hydrogen-bond acceptors (Lipinski definition) is 5. The van der Waals surface area contributed by atoms with Gasteiger partial charge >= 0.3 is 0 Å². The Bertz CT molecular complexity index is 413. The van der Waals surface area contributed by atoms with E-state index < -0.39 is 0 Å². The Morgan fingerprint density at radius 1 is 1.35 bits per heavy atom. The molecule has 5 heteroatoms. The first-order chi connectivity index (χ1) is 9.92. The number of hydrogen-bond donors (Lipinski definition) is 1. The largest absolute Gasteiger partial charge is 0.492 e. The molecule has 3 rings (SSSR count). The number of nitrogens with one attached hydrogen (secondary N) is 1. The third-order valence-corrected chi connectivity index (χ3v) is 3.91. The Kier molecular flexibility index (Phi) is 4.71. The van der Waals surface area contributed by atoms with E-state index in [9.17, 15) is 0 Å². The van der Waals surface area contributed by atoms with Gasteiger partial charge in [0.1, 0.15) is 5.75 Å². The average Bonchev–Trinajstić information content (AvgIpc) is 2.86. The van der Waals surface area contributed by atoms with Crippen molar-refractivity contribution in [2.75, 3.05) is 50.9 Å². The number of anilines is 1. The van der Waals surface area contributed by atoms with Gasteiger partial charge in [0, 0.05) is 38.2 Å². The van der Waals surface area contributed by atoms with Crippen LogP contribution < -0.4 is 15.0 Å². The highest BCUT2D eigenvalue weighted by molar-refractivity contribution is 5.48. The van der Waals surface area contributed by atoms with Crippen molar-refractivity contribution >= 4 is 5.69 Å². The summed E-state index contributed by atoms with van der Waals surface area (Å²) in [6.45, 7) is 6.66. The fraction of sp³-hybridized carbons (Fsp3) is 0.667. The third kappa shape index (κ3) is 3.61. The topological polar surface area (TPSA) is 46.6 Å². The minimum absolute atomic E-state index is 0.529. The van der Waals surface area contributed by atoms with Crippen molar-refractivity contribution in [2.24, 2.45) is 5.92 Å². The molecule has 2 fully saturated rings. The zero-order valence-electron chi connectivity index (χ0n) is 11.9. The van der Waals surface area contributed by atoms with E-state index in [0.717, 1.165) is 63.9 Å². The number of nitrogens with zero attached hydrogens (tertiary/aromatic N) is 2. The summed E-state index contributed by atoms with van der Waals surface area (Å²) in [6.07, 6.45) is 6.00. The maximum atomic E-state index is 5.87. The van der Waals surface area contributed by atoms with E-state index in [1.165, 1.54) is 6.42 Å². The minimum Gasteiger partial charge on any atom is -0.492 e. The van der Waals surface area contributed by atoms with Crippen molar-refractivity contribution in [1.29, 1.82) is 0 Å². The van der Waals surface area contributed by atoms with Crippen LogP contribution in [0.15, 0.2) is 18.5 Å². The van der Waals surface area contributed by atoms with Crippen molar-refractivity contribution in [1.82, 2.24) is 10.3 Å². The first kappa shape index (κ1) is 13.6. The quantitative estimate of drug-likeness (QED) is 0.899. The van der Waals surface area contributed by atoms with Crippen LogP contribution in [-0.2, 0) is 4.74 Å². The van der Waals surface area contributed by atoms with Crippen LogP contribution in [0.5, 0.6) is 5.75 Å². The molecule has 3 heterocycles. The molecule has 0 spiro atoms. The molecule has 1 atom stereocenters. The molecule has 20 heavy (non-hydrogen) atoms. The van der Waals surface area contributed by atoms with E-state index in [4.69, 9.17) is 9.47 Å². The first-order valence-electron chi connectivity index (χ1n) is 7.53. The molecule has 2 saturated heterocycles. The van der Waals surface area contributed by atoms with E-state index >= 15 is 0 Å². The van der Waals surface area contributed by atoms with Gasteiger partial charge < -0.3 is 19.7 Å². The van der Waals surface area contributed by atoms with E-state index in [2.05, 4.69) is 21.3 Å². The zero-order chi connectivity index (χ0) is 13.6. The van der Waals surface area contributed by atoms with Crippen molar-refractivity contribution in [2.45, 2.75) is 12.8 Å². The van der Waals surface area contributed by atoms with Gasteiger partial charge in [-0.2, -0.15) is 0 Å². The molecule has 0 aromatic carbocycles. The molecule has 2 aliphatic heterocycles. The van der Waals surface area contributed by atoms with Gasteiger partial charge in [0.25, 0.3) is 0 Å². The van der Waals surface area contributed by atoms with Crippen molar-refractivity contribution < 1.29 is 9.47 Å². The van der Waals surface area contributed by atoms with Crippen LogP contribution in [0.3, 0.4) is 0 Å². The van der Waals surface area contributed by atoms with Crippen molar-refractivity contribution in [3.05, 3.63) is 18.5 Å². The molecular weight excluding hydrogens is 254 g/mol. The van der Waals surface area contributed by atoms with Gasteiger partial charge in [-0.15, -0.1) is 0 Å². The van der Waals surface area contributed by atoms with E-state index in [-0.39, 0.29) is 0 Å². The van der Waals surface area contributed by atoms with Gasteiger partial charge in [-0.25, -0.2) is 0 Å². The van der Waals surface area contributed by atoms with Gasteiger partial charge in [-0.1, -0.05) is 0 Å². The second kappa shape index (κ2) is 6.90. The second-order valence-electron chi connectivity index (χ2n) is 5.51. The van der Waals surface area contributed by atoms with Gasteiger partial charge in [-0.05, 0) is 19.4 Å². The molecule has 0 aliphatic carbocycles. The van der Waals surface area contributed by atoms with Crippen molar-refractivity contribution in [3.8, 4) is 5.75 Å². The fourth-order valence-corrected chi connectivity index (χ4v) is 2.69. The number of rotatable bonds is 4. The van der Waals surface area contributed by atoms with Crippen LogP contribution in [0.1, 0.15) is 12.8 Å². The Morgan fingerprint density at radius 3 is 3.25 bits per heavy atom. The SMILES string of the molecule is c1ncc(N2CCCNCC2)cc1OCC1CCOC1. The molecule has 1 aromatic rings. The van der Waals surface area contributed by atoms with Crippen LogP contribution in [0.25, 0.3) is 0 Å². The predicted octanol–water partition coefficient (Wildman–Crippen LogP) is 1.30. The molecule has 0 bridgehead atoms. The number of pyridine rings is 1. The summed E-state index contributed by atoms with van der Waals surface area (Å²) in [4.78, 5) is 6.69. The van der Waals surface area contributed by atoms with Crippen LogP contribution in [0.2, 0.25) is 0 Å². The number of ether oxygens (including phenoxy) is 2. The summed E-state index contributed by atoms with van der Waals surface area (Å²) in [5.74, 6) is 1.40. The Balaban J connectivity index is 1.59. The Morgan fingerprint density at radius 2 is 2.35 bits per heavy atom. The molecule has 0 amide bonds. The molecule has 0 radical (unpaired) electrons. The lowest BCUT2D eigenvalue weighted by Gasteiger charge is -2.22. The molecule has 110 valence electrons. The summed E-state index contributed by atoms with van der Waals surface area (Å²) >= 11 is 0. The summed E-state index contributed by atoms with van der Waals surface area (Å²) in [5, 5.41) is 3.42. The van der Waals surface area contributed by atoms with Gasteiger partial charge in [0.15, 0.2) is 0 Å². The standard InChI is InChI=1S/C15H23N3O2/c1-3-16-4-6-18(5-1)14-8-15(10-17-9-14)20-12-13-2-7-19-11-13/h8-10,13,16H,1-7,11-12H2. The summed E-state index contributed by atoms with van der Waals surface area (Å²) in [6, 6.07) is 2.11. The van der Waals surface area contributed by atoms with Crippen LogP contribution in [0, 0.1) is 5.92 Å². The fourth-order valence-electron chi connectivity index (χ4n) is 2.69. The molecule has 2 aliphatic rings. The Labute approximate surface area is 120 Å². The van der Waals surface area contributed by atoms with Crippen LogP contribution in [-0.4, -0.2) is 51.0 Å². The molecule has 5 nitrogen and oxygen atoms in total. The van der Waals surface area contributed by atoms with E-state index in [0.29, 0.717) is 5.92 Å². The second-order valence-corrected chi connectivity index (χ2v) is 5.51. The highest BCUT2D eigenvalue weighted by atomic mass is 16.5. The van der Waals surface area contributed by atoms with Crippen LogP contribution in [0.4, 0.5) is 5.69 Å². The highest BCUT2D eigenvalue weighted by Gasteiger charge is 2.16. The molecule has 1 aromatic heterocycles. The first-order valence-corrected chi connectivity index (χ1v) is 7.53. The lowest BCUT2D eigenvalue weighted by Crippen LogP contribution is -2.27. The number of aromatic nitrogens is 1. The van der Waals surface area contributed by atoms with Gasteiger partial charge in [-0.3, -0.25) is 4.98 Å². The zero-order valence-corrected chi connectivity index (χ0v) is 11.9. The lowest BCUT2D eigenvalue weighted by molar-refractivity contribution is 0.167. The van der Waals surface area contributed by atoms with E-state index in [1.807, 2.05) is 6.20 Å². The third-order valence-electron chi connectivity index (χ3n) is 3.91. The Hall–Kier alpha value is -1.33. The highest BCUT2D eigenvalue weighted by Crippen LogP contribution is 2.21.